The van der Waals surface area contributed by atoms with E-state index in [-0.39, 0.29) is 0 Å². The molecule has 2 aromatic carbocycles. The number of benzene rings is 2. The first-order valence-electron chi connectivity index (χ1n) is 8.99. The highest BCUT2D eigenvalue weighted by molar-refractivity contribution is 9.10. The van der Waals surface area contributed by atoms with Gasteiger partial charge in [-0.05, 0) is 30.7 Å². The van der Waals surface area contributed by atoms with Crippen LogP contribution in [0.3, 0.4) is 0 Å². The van der Waals surface area contributed by atoms with Gasteiger partial charge in [0.25, 0.3) is 0 Å². The largest absolute Gasteiger partial charge is 0.493 e. The van der Waals surface area contributed by atoms with Crippen LogP contribution >= 0.6 is 15.9 Å². The van der Waals surface area contributed by atoms with E-state index in [9.17, 15) is 0 Å². The SMILES string of the molecule is CCCCCCNCc1c(Br)ccc(OC)c1OCc1ccccc1. The average Bonchev–Trinajstić information content (AvgIpc) is 2.65. The number of nitrogens with one attached hydrogen (secondary N) is 1. The molecule has 2 rings (SSSR count). The molecule has 0 heterocycles. The Morgan fingerprint density at radius 1 is 1.00 bits per heavy atom. The second-order valence-electron chi connectivity index (χ2n) is 6.07. The lowest BCUT2D eigenvalue weighted by Crippen LogP contribution is -2.16. The molecular weight excluding hydrogens is 378 g/mol. The normalized spacial score (nSPS) is 10.7. The number of methoxy groups -OCH3 is 1. The minimum atomic E-state index is 0.525. The summed E-state index contributed by atoms with van der Waals surface area (Å²) in [5.41, 5.74) is 2.24. The lowest BCUT2D eigenvalue weighted by atomic mass is 10.1. The van der Waals surface area contributed by atoms with E-state index < -0.39 is 0 Å². The second kappa shape index (κ2) is 11.2. The highest BCUT2D eigenvalue weighted by atomic mass is 79.9. The molecule has 4 heteroatoms. The fourth-order valence-electron chi connectivity index (χ4n) is 2.69. The fourth-order valence-corrected chi connectivity index (χ4v) is 3.14. The smallest absolute Gasteiger partial charge is 0.167 e. The molecule has 0 saturated heterocycles. The van der Waals surface area contributed by atoms with Crippen molar-refractivity contribution in [1.82, 2.24) is 5.32 Å². The molecule has 0 aliphatic carbocycles. The van der Waals surface area contributed by atoms with Crippen molar-refractivity contribution in [2.24, 2.45) is 0 Å². The molecule has 1 N–H and O–H groups in total. The predicted molar refractivity (Wildman–Crippen MR) is 107 cm³/mol. The summed E-state index contributed by atoms with van der Waals surface area (Å²) in [4.78, 5) is 0. The van der Waals surface area contributed by atoms with Crippen LogP contribution in [0.5, 0.6) is 11.5 Å². The summed E-state index contributed by atoms with van der Waals surface area (Å²) >= 11 is 3.66. The lowest BCUT2D eigenvalue weighted by Gasteiger charge is -2.17. The molecule has 2 aromatic rings. The van der Waals surface area contributed by atoms with Crippen LogP contribution in [0.25, 0.3) is 0 Å². The molecule has 0 atom stereocenters. The fraction of sp³-hybridized carbons (Fsp3) is 0.429. The minimum Gasteiger partial charge on any atom is -0.493 e. The molecule has 3 nitrogen and oxygen atoms in total. The summed E-state index contributed by atoms with van der Waals surface area (Å²) in [6.45, 7) is 4.53. The van der Waals surface area contributed by atoms with Crippen molar-refractivity contribution >= 4 is 15.9 Å². The van der Waals surface area contributed by atoms with Crippen molar-refractivity contribution in [3.05, 3.63) is 58.1 Å². The van der Waals surface area contributed by atoms with Crippen LogP contribution in [-0.4, -0.2) is 13.7 Å². The Kier molecular flexibility index (Phi) is 8.84. The molecule has 0 unspecified atom stereocenters. The highest BCUT2D eigenvalue weighted by Gasteiger charge is 2.14. The Morgan fingerprint density at radius 2 is 1.80 bits per heavy atom. The van der Waals surface area contributed by atoms with E-state index in [4.69, 9.17) is 9.47 Å². The summed E-state index contributed by atoms with van der Waals surface area (Å²) in [6.07, 6.45) is 5.05. The molecule has 0 spiro atoms. The van der Waals surface area contributed by atoms with Gasteiger partial charge in [0.1, 0.15) is 6.61 Å². The third-order valence-electron chi connectivity index (χ3n) is 4.12. The van der Waals surface area contributed by atoms with Crippen molar-refractivity contribution in [2.75, 3.05) is 13.7 Å². The maximum atomic E-state index is 6.13. The van der Waals surface area contributed by atoms with Gasteiger partial charge in [0, 0.05) is 16.6 Å². The van der Waals surface area contributed by atoms with Crippen molar-refractivity contribution in [3.8, 4) is 11.5 Å². The van der Waals surface area contributed by atoms with Crippen molar-refractivity contribution in [3.63, 3.8) is 0 Å². The minimum absolute atomic E-state index is 0.525. The zero-order valence-electron chi connectivity index (χ0n) is 15.2. The van der Waals surface area contributed by atoms with Crippen molar-refractivity contribution in [2.45, 2.75) is 45.8 Å². The molecule has 0 amide bonds. The van der Waals surface area contributed by atoms with E-state index in [1.54, 1.807) is 7.11 Å². The summed E-state index contributed by atoms with van der Waals surface area (Å²) < 4.78 is 12.7. The number of rotatable bonds is 11. The second-order valence-corrected chi connectivity index (χ2v) is 6.92. The van der Waals surface area contributed by atoms with Gasteiger partial charge in [0.05, 0.1) is 7.11 Å². The van der Waals surface area contributed by atoms with Crippen LogP contribution in [0.2, 0.25) is 0 Å². The van der Waals surface area contributed by atoms with E-state index in [1.165, 1.54) is 25.7 Å². The van der Waals surface area contributed by atoms with E-state index >= 15 is 0 Å². The molecule has 0 bridgehead atoms. The maximum Gasteiger partial charge on any atom is 0.167 e. The number of hydrogen-bond acceptors (Lipinski definition) is 3. The van der Waals surface area contributed by atoms with E-state index in [0.717, 1.165) is 40.2 Å². The van der Waals surface area contributed by atoms with Gasteiger partial charge in [-0.2, -0.15) is 0 Å². The van der Waals surface area contributed by atoms with Gasteiger partial charge in [-0.1, -0.05) is 72.4 Å². The van der Waals surface area contributed by atoms with Gasteiger partial charge < -0.3 is 14.8 Å². The Hall–Kier alpha value is -1.52. The Labute approximate surface area is 159 Å². The number of unbranched alkanes of at least 4 members (excludes halogenated alkanes) is 3. The van der Waals surface area contributed by atoms with Crippen LogP contribution in [0.1, 0.15) is 43.7 Å². The lowest BCUT2D eigenvalue weighted by molar-refractivity contribution is 0.280. The molecule has 0 radical (unpaired) electrons. The van der Waals surface area contributed by atoms with Crippen LogP contribution in [0.15, 0.2) is 46.9 Å². The highest BCUT2D eigenvalue weighted by Crippen LogP contribution is 2.36. The van der Waals surface area contributed by atoms with Crippen LogP contribution in [0.4, 0.5) is 0 Å². The van der Waals surface area contributed by atoms with Crippen molar-refractivity contribution in [1.29, 1.82) is 0 Å². The maximum absolute atomic E-state index is 6.13. The summed E-state index contributed by atoms with van der Waals surface area (Å²) in [6, 6.07) is 14.1. The van der Waals surface area contributed by atoms with Crippen LogP contribution < -0.4 is 14.8 Å². The molecule has 0 fully saturated rings. The monoisotopic (exact) mass is 405 g/mol. The van der Waals surface area contributed by atoms with Crippen LogP contribution in [0, 0.1) is 0 Å². The number of hydrogen-bond donors (Lipinski definition) is 1. The van der Waals surface area contributed by atoms with Gasteiger partial charge in [-0.3, -0.25) is 0 Å². The number of ether oxygens (including phenoxy) is 2. The average molecular weight is 406 g/mol. The van der Waals surface area contributed by atoms with E-state index in [1.807, 2.05) is 30.3 Å². The Bertz CT molecular complexity index is 631. The van der Waals surface area contributed by atoms with Gasteiger partial charge in [0.15, 0.2) is 11.5 Å². The van der Waals surface area contributed by atoms with Crippen LogP contribution in [-0.2, 0) is 13.2 Å². The van der Waals surface area contributed by atoms with Gasteiger partial charge in [0.2, 0.25) is 0 Å². The first-order valence-corrected chi connectivity index (χ1v) is 9.78. The van der Waals surface area contributed by atoms with Gasteiger partial charge >= 0.3 is 0 Å². The summed E-state index contributed by atoms with van der Waals surface area (Å²) in [7, 11) is 1.68. The van der Waals surface area contributed by atoms with E-state index in [2.05, 4.69) is 40.3 Å². The third-order valence-corrected chi connectivity index (χ3v) is 4.86. The molecule has 136 valence electrons. The molecule has 0 saturated carbocycles. The Balaban J connectivity index is 2.03. The topological polar surface area (TPSA) is 30.5 Å². The van der Waals surface area contributed by atoms with Gasteiger partial charge in [-0.25, -0.2) is 0 Å². The zero-order valence-corrected chi connectivity index (χ0v) is 16.8. The third kappa shape index (κ3) is 6.37. The van der Waals surface area contributed by atoms with E-state index in [0.29, 0.717) is 6.61 Å². The quantitative estimate of drug-likeness (QED) is 0.485. The molecule has 0 aliphatic rings. The zero-order chi connectivity index (χ0) is 17.9. The number of halogens is 1. The standard InChI is InChI=1S/C21H28BrNO2/c1-3-4-5-9-14-23-15-18-19(22)12-13-20(24-2)21(18)25-16-17-10-7-6-8-11-17/h6-8,10-13,23H,3-5,9,14-16H2,1-2H3. The molecule has 0 aliphatic heterocycles. The Morgan fingerprint density at radius 3 is 2.52 bits per heavy atom. The molecule has 25 heavy (non-hydrogen) atoms. The molecule has 0 aromatic heterocycles. The first kappa shape index (κ1) is 19.8. The summed E-state index contributed by atoms with van der Waals surface area (Å²) in [5, 5.41) is 3.53. The molecular formula is C21H28BrNO2. The first-order chi connectivity index (χ1) is 12.3. The van der Waals surface area contributed by atoms with Crippen molar-refractivity contribution < 1.29 is 9.47 Å². The van der Waals surface area contributed by atoms with Gasteiger partial charge in [-0.15, -0.1) is 0 Å². The summed E-state index contributed by atoms with van der Waals surface area (Å²) in [5.74, 6) is 1.57. The predicted octanol–water partition coefficient (Wildman–Crippen LogP) is 5.71.